The van der Waals surface area contributed by atoms with E-state index >= 15 is 0 Å². The number of carbonyl (C=O) groups is 1. The summed E-state index contributed by atoms with van der Waals surface area (Å²) in [5.74, 6) is 2.04. The number of hydrogen-bond donors (Lipinski definition) is 0. The molecular weight excluding hydrogens is 322 g/mol. The van der Waals surface area contributed by atoms with E-state index in [-0.39, 0.29) is 18.4 Å². The Morgan fingerprint density at radius 2 is 2.12 bits per heavy atom. The highest BCUT2D eigenvalue weighted by Gasteiger charge is 2.33. The molecule has 1 atom stereocenters. The average molecular weight is 341 g/mol. The van der Waals surface area contributed by atoms with E-state index < -0.39 is 0 Å². The largest absolute Gasteiger partial charge is 0.340 e. The zero-order valence-electron chi connectivity index (χ0n) is 14.4. The van der Waals surface area contributed by atoms with Gasteiger partial charge in [-0.05, 0) is 32.8 Å². The summed E-state index contributed by atoms with van der Waals surface area (Å²) in [6, 6.07) is 1.80. The van der Waals surface area contributed by atoms with Crippen molar-refractivity contribution in [3.05, 3.63) is 35.0 Å². The third-order valence-electron chi connectivity index (χ3n) is 4.39. The minimum atomic E-state index is -0.135. The minimum Gasteiger partial charge on any atom is -0.340 e. The fourth-order valence-electron chi connectivity index (χ4n) is 3.30. The zero-order chi connectivity index (χ0) is 17.6. The summed E-state index contributed by atoms with van der Waals surface area (Å²) < 4.78 is 6.72. The van der Waals surface area contributed by atoms with Crippen LogP contribution in [0.25, 0.3) is 5.78 Å². The fourth-order valence-corrected chi connectivity index (χ4v) is 3.30. The van der Waals surface area contributed by atoms with Crippen LogP contribution in [0.5, 0.6) is 0 Å². The van der Waals surface area contributed by atoms with Gasteiger partial charge in [0.05, 0.1) is 12.5 Å². The molecule has 1 amide bonds. The molecule has 0 bridgehead atoms. The first kappa shape index (κ1) is 15.7. The van der Waals surface area contributed by atoms with E-state index in [0.717, 1.165) is 24.2 Å². The summed E-state index contributed by atoms with van der Waals surface area (Å²) in [6.45, 7) is 6.28. The van der Waals surface area contributed by atoms with Gasteiger partial charge in [-0.25, -0.2) is 9.50 Å². The maximum atomic E-state index is 12.8. The third kappa shape index (κ3) is 2.86. The molecule has 1 unspecified atom stereocenters. The smallest absolute Gasteiger partial charge is 0.252 e. The Kier molecular flexibility index (Phi) is 3.70. The number of nitrogens with zero attached hydrogens (tertiary/aromatic N) is 7. The topological polar surface area (TPSA) is 102 Å². The predicted octanol–water partition coefficient (Wildman–Crippen LogP) is 1.34. The summed E-state index contributed by atoms with van der Waals surface area (Å²) in [6.07, 6.45) is 1.89. The van der Waals surface area contributed by atoms with Gasteiger partial charge in [0.1, 0.15) is 0 Å². The van der Waals surface area contributed by atoms with Crippen LogP contribution >= 0.6 is 0 Å². The van der Waals surface area contributed by atoms with Gasteiger partial charge in [-0.15, -0.1) is 5.10 Å². The maximum absolute atomic E-state index is 12.8. The van der Waals surface area contributed by atoms with Crippen LogP contribution in [0.3, 0.4) is 0 Å². The van der Waals surface area contributed by atoms with Gasteiger partial charge in [0.2, 0.25) is 11.8 Å². The number of aromatic nitrogens is 6. The van der Waals surface area contributed by atoms with Crippen molar-refractivity contribution in [1.29, 1.82) is 0 Å². The van der Waals surface area contributed by atoms with Crippen LogP contribution in [0, 0.1) is 20.8 Å². The van der Waals surface area contributed by atoms with Crippen LogP contribution in [0.1, 0.15) is 47.8 Å². The summed E-state index contributed by atoms with van der Waals surface area (Å²) in [5, 5.41) is 8.38. The van der Waals surface area contributed by atoms with Gasteiger partial charge in [0.25, 0.3) is 5.78 Å². The van der Waals surface area contributed by atoms with E-state index in [2.05, 4.69) is 25.2 Å². The van der Waals surface area contributed by atoms with Gasteiger partial charge < -0.3 is 9.42 Å². The monoisotopic (exact) mass is 341 g/mol. The number of aryl methyl sites for hydroxylation is 3. The van der Waals surface area contributed by atoms with E-state index in [4.69, 9.17) is 4.52 Å². The first-order chi connectivity index (χ1) is 12.0. The van der Waals surface area contributed by atoms with Crippen molar-refractivity contribution in [2.24, 2.45) is 0 Å². The van der Waals surface area contributed by atoms with Gasteiger partial charge >= 0.3 is 0 Å². The Hall–Kier alpha value is -2.84. The van der Waals surface area contributed by atoms with Gasteiger partial charge in [0, 0.05) is 24.9 Å². The van der Waals surface area contributed by atoms with E-state index in [0.29, 0.717) is 29.9 Å². The molecule has 3 aromatic heterocycles. The van der Waals surface area contributed by atoms with Crippen molar-refractivity contribution in [3.8, 4) is 0 Å². The molecule has 3 aromatic rings. The van der Waals surface area contributed by atoms with E-state index in [1.165, 1.54) is 0 Å². The van der Waals surface area contributed by atoms with Gasteiger partial charge in [-0.3, -0.25) is 4.79 Å². The molecular formula is C16H19N7O2. The lowest BCUT2D eigenvalue weighted by molar-refractivity contribution is -0.131. The van der Waals surface area contributed by atoms with Gasteiger partial charge in [0.15, 0.2) is 11.6 Å². The zero-order valence-corrected chi connectivity index (χ0v) is 14.4. The second kappa shape index (κ2) is 5.91. The van der Waals surface area contributed by atoms with Crippen LogP contribution < -0.4 is 0 Å². The lowest BCUT2D eigenvalue weighted by atomic mass is 10.2. The van der Waals surface area contributed by atoms with Crippen molar-refractivity contribution in [1.82, 2.24) is 34.6 Å². The molecule has 1 saturated heterocycles. The molecule has 0 radical (unpaired) electrons. The molecule has 0 aliphatic carbocycles. The molecule has 0 spiro atoms. The van der Waals surface area contributed by atoms with E-state index in [9.17, 15) is 4.79 Å². The first-order valence-corrected chi connectivity index (χ1v) is 8.31. The van der Waals surface area contributed by atoms with Crippen LogP contribution in [0.2, 0.25) is 0 Å². The Morgan fingerprint density at radius 3 is 2.88 bits per heavy atom. The minimum absolute atomic E-state index is 0.0322. The predicted molar refractivity (Wildman–Crippen MR) is 86.7 cm³/mol. The molecule has 1 fully saturated rings. The highest BCUT2D eigenvalue weighted by molar-refractivity contribution is 5.78. The number of fused-ring (bicyclic) bond motifs is 1. The molecule has 1 aliphatic rings. The van der Waals surface area contributed by atoms with Crippen LogP contribution in [0.15, 0.2) is 10.6 Å². The van der Waals surface area contributed by atoms with E-state index in [1.54, 1.807) is 16.3 Å². The number of likely N-dealkylation sites (tertiary alicyclic amines) is 1. The van der Waals surface area contributed by atoms with Gasteiger partial charge in [-0.2, -0.15) is 9.97 Å². The molecule has 130 valence electrons. The van der Waals surface area contributed by atoms with Gasteiger partial charge in [-0.1, -0.05) is 5.16 Å². The summed E-state index contributed by atoms with van der Waals surface area (Å²) in [7, 11) is 0. The third-order valence-corrected chi connectivity index (χ3v) is 4.39. The number of hydrogen-bond acceptors (Lipinski definition) is 7. The summed E-state index contributed by atoms with van der Waals surface area (Å²) >= 11 is 0. The lowest BCUT2D eigenvalue weighted by Crippen LogP contribution is -2.32. The number of carbonyl (C=O) groups excluding carboxylic acids is 1. The normalized spacial score (nSPS) is 17.6. The molecule has 0 N–H and O–H groups in total. The Labute approximate surface area is 144 Å². The van der Waals surface area contributed by atoms with E-state index in [1.807, 2.05) is 19.9 Å². The Bertz CT molecular complexity index is 945. The second-order valence-electron chi connectivity index (χ2n) is 6.37. The number of amides is 1. The first-order valence-electron chi connectivity index (χ1n) is 8.31. The molecule has 9 nitrogen and oxygen atoms in total. The summed E-state index contributed by atoms with van der Waals surface area (Å²) in [4.78, 5) is 27.6. The second-order valence-corrected chi connectivity index (χ2v) is 6.37. The van der Waals surface area contributed by atoms with Crippen molar-refractivity contribution in [2.45, 2.75) is 46.1 Å². The van der Waals surface area contributed by atoms with Crippen LogP contribution in [0.4, 0.5) is 0 Å². The van der Waals surface area contributed by atoms with Crippen molar-refractivity contribution in [2.75, 3.05) is 6.54 Å². The van der Waals surface area contributed by atoms with Crippen LogP contribution in [-0.2, 0) is 11.2 Å². The quantitative estimate of drug-likeness (QED) is 0.708. The molecule has 4 heterocycles. The summed E-state index contributed by atoms with van der Waals surface area (Å²) in [5.41, 5.74) is 1.82. The van der Waals surface area contributed by atoms with Crippen molar-refractivity contribution < 1.29 is 9.32 Å². The average Bonchev–Trinajstić information content (AvgIpc) is 3.25. The molecule has 1 aliphatic heterocycles. The molecule has 25 heavy (non-hydrogen) atoms. The van der Waals surface area contributed by atoms with Crippen molar-refractivity contribution in [3.63, 3.8) is 0 Å². The standard InChI is InChI=1S/C16H19N7O2/c1-9-7-10(2)23-16(17-9)19-13(20-23)8-14(24)22-6-4-5-12(22)15-18-11(3)25-21-15/h7,12H,4-6,8H2,1-3H3. The van der Waals surface area contributed by atoms with Crippen LogP contribution in [-0.4, -0.2) is 47.1 Å². The Balaban J connectivity index is 1.56. The number of rotatable bonds is 3. The SMILES string of the molecule is Cc1cc(C)n2nc(CC(=O)N3CCCC3c3noc(C)n3)nc2n1. The fraction of sp³-hybridized carbons (Fsp3) is 0.500. The molecule has 4 rings (SSSR count). The highest BCUT2D eigenvalue weighted by atomic mass is 16.5. The maximum Gasteiger partial charge on any atom is 0.252 e. The Morgan fingerprint density at radius 1 is 1.28 bits per heavy atom. The molecule has 0 aromatic carbocycles. The molecule has 0 saturated carbocycles. The van der Waals surface area contributed by atoms with Crippen molar-refractivity contribution >= 4 is 11.7 Å². The molecule has 9 heteroatoms. The highest BCUT2D eigenvalue weighted by Crippen LogP contribution is 2.30. The lowest BCUT2D eigenvalue weighted by Gasteiger charge is -2.21.